The summed E-state index contributed by atoms with van der Waals surface area (Å²) in [5, 5.41) is 0. The van der Waals surface area contributed by atoms with E-state index in [0.29, 0.717) is 31.1 Å². The molecule has 5 heteroatoms. The average molecular weight is 405 g/mol. The summed E-state index contributed by atoms with van der Waals surface area (Å²) in [4.78, 5) is 37.5. The second kappa shape index (κ2) is 7.70. The van der Waals surface area contributed by atoms with Crippen molar-refractivity contribution in [2.75, 3.05) is 0 Å². The van der Waals surface area contributed by atoms with Crippen molar-refractivity contribution in [2.24, 2.45) is 29.1 Å². The fourth-order valence-electron chi connectivity index (χ4n) is 6.61. The minimum absolute atomic E-state index is 0.0465. The molecule has 0 saturated heterocycles. The van der Waals surface area contributed by atoms with Crippen LogP contribution in [-0.4, -0.2) is 29.4 Å². The third-order valence-corrected chi connectivity index (χ3v) is 8.61. The predicted octanol–water partition coefficient (Wildman–Crippen LogP) is 4.61. The van der Waals surface area contributed by atoms with Gasteiger partial charge >= 0.3 is 11.9 Å². The number of rotatable bonds is 6. The zero-order valence-corrected chi connectivity index (χ0v) is 18.2. The molecule has 0 aromatic rings. The summed E-state index contributed by atoms with van der Waals surface area (Å²) < 4.78 is 11.8. The molecular weight excluding hydrogens is 368 g/mol. The molecule has 2 unspecified atom stereocenters. The van der Waals surface area contributed by atoms with Crippen LogP contribution in [0, 0.1) is 29.1 Å². The molecule has 0 N–H and O–H groups in total. The van der Waals surface area contributed by atoms with Gasteiger partial charge < -0.3 is 9.47 Å². The summed E-state index contributed by atoms with van der Waals surface area (Å²) in [5.41, 5.74) is -1.28. The van der Waals surface area contributed by atoms with Crippen molar-refractivity contribution in [1.82, 2.24) is 0 Å². The Morgan fingerprint density at radius 2 is 1.72 bits per heavy atom. The van der Waals surface area contributed by atoms with Crippen molar-refractivity contribution >= 4 is 17.7 Å². The first-order chi connectivity index (χ1) is 13.7. The normalized spacial score (nSPS) is 40.4. The Morgan fingerprint density at radius 3 is 2.28 bits per heavy atom. The van der Waals surface area contributed by atoms with E-state index in [9.17, 15) is 14.4 Å². The minimum atomic E-state index is -0.903. The number of ketones is 1. The Morgan fingerprint density at radius 1 is 1.10 bits per heavy atom. The first-order valence-electron chi connectivity index (χ1n) is 11.7. The van der Waals surface area contributed by atoms with E-state index in [2.05, 4.69) is 6.92 Å². The van der Waals surface area contributed by atoms with Crippen molar-refractivity contribution < 1.29 is 23.9 Å². The molecule has 4 bridgehead atoms. The van der Waals surface area contributed by atoms with Crippen molar-refractivity contribution in [3.8, 4) is 0 Å². The summed E-state index contributed by atoms with van der Waals surface area (Å²) in [6.45, 7) is 5.83. The van der Waals surface area contributed by atoms with Gasteiger partial charge in [0.25, 0.3) is 0 Å². The van der Waals surface area contributed by atoms with Gasteiger partial charge in [0, 0.05) is 12.8 Å². The molecule has 0 heterocycles. The molecule has 0 aromatic carbocycles. The lowest BCUT2D eigenvalue weighted by Gasteiger charge is -2.59. The van der Waals surface area contributed by atoms with Crippen LogP contribution in [0.2, 0.25) is 0 Å². The lowest BCUT2D eigenvalue weighted by atomic mass is 9.50. The molecule has 0 aromatic heterocycles. The van der Waals surface area contributed by atoms with Gasteiger partial charge in [-0.05, 0) is 88.9 Å². The van der Waals surface area contributed by atoms with Gasteiger partial charge in [0.1, 0.15) is 17.5 Å². The molecule has 5 aliphatic carbocycles. The monoisotopic (exact) mass is 404 g/mol. The predicted molar refractivity (Wildman–Crippen MR) is 108 cm³/mol. The van der Waals surface area contributed by atoms with Crippen LogP contribution in [0.3, 0.4) is 0 Å². The number of carbonyl (C=O) groups excluding carboxylic acids is 3. The Balaban J connectivity index is 1.38. The maximum atomic E-state index is 13.0. The van der Waals surface area contributed by atoms with Gasteiger partial charge in [0.15, 0.2) is 0 Å². The van der Waals surface area contributed by atoms with E-state index >= 15 is 0 Å². The van der Waals surface area contributed by atoms with E-state index in [-0.39, 0.29) is 35.8 Å². The first-order valence-corrected chi connectivity index (χ1v) is 11.7. The summed E-state index contributed by atoms with van der Waals surface area (Å²) in [6, 6.07) is 0. The van der Waals surface area contributed by atoms with Gasteiger partial charge in [-0.1, -0.05) is 6.92 Å². The van der Waals surface area contributed by atoms with Gasteiger partial charge in [-0.3, -0.25) is 14.4 Å². The van der Waals surface area contributed by atoms with E-state index in [0.717, 1.165) is 24.7 Å². The molecule has 162 valence electrons. The van der Waals surface area contributed by atoms with Crippen LogP contribution in [0.4, 0.5) is 0 Å². The number of hydrogen-bond acceptors (Lipinski definition) is 5. The smallest absolute Gasteiger partial charge is 0.312 e. The lowest BCUT2D eigenvalue weighted by molar-refractivity contribution is -0.206. The number of Topliss-reactive ketones (excluding diaryl/α,β-unsaturated/α-hetero) is 1. The van der Waals surface area contributed by atoms with Crippen molar-refractivity contribution in [1.29, 1.82) is 0 Å². The topological polar surface area (TPSA) is 69.7 Å². The molecule has 0 spiro atoms. The number of carbonyl (C=O) groups is 3. The Kier molecular flexibility index (Phi) is 5.54. The molecule has 5 nitrogen and oxygen atoms in total. The largest absolute Gasteiger partial charge is 0.461 e. The van der Waals surface area contributed by atoms with Gasteiger partial charge in [0.05, 0.1) is 11.8 Å². The third-order valence-electron chi connectivity index (χ3n) is 8.61. The van der Waals surface area contributed by atoms with Crippen molar-refractivity contribution in [2.45, 2.75) is 103 Å². The summed E-state index contributed by atoms with van der Waals surface area (Å²) in [6.07, 6.45) is 8.68. The van der Waals surface area contributed by atoms with Crippen LogP contribution in [-0.2, 0) is 23.9 Å². The quantitative estimate of drug-likeness (QED) is 0.605. The highest BCUT2D eigenvalue weighted by molar-refractivity contribution is 5.84. The zero-order chi connectivity index (χ0) is 20.8. The zero-order valence-electron chi connectivity index (χ0n) is 18.2. The van der Waals surface area contributed by atoms with Crippen LogP contribution >= 0.6 is 0 Å². The maximum absolute atomic E-state index is 13.0. The van der Waals surface area contributed by atoms with Crippen LogP contribution in [0.1, 0.15) is 91.4 Å². The van der Waals surface area contributed by atoms with Gasteiger partial charge in [-0.15, -0.1) is 0 Å². The van der Waals surface area contributed by atoms with Crippen LogP contribution in [0.15, 0.2) is 0 Å². The highest BCUT2D eigenvalue weighted by atomic mass is 16.6. The molecule has 0 aliphatic heterocycles. The molecule has 5 rings (SSSR count). The molecular formula is C24H36O5. The van der Waals surface area contributed by atoms with E-state index in [1.165, 1.54) is 32.1 Å². The van der Waals surface area contributed by atoms with Gasteiger partial charge in [-0.2, -0.15) is 0 Å². The summed E-state index contributed by atoms with van der Waals surface area (Å²) in [7, 11) is 0. The first kappa shape index (κ1) is 20.9. The number of esters is 2. The van der Waals surface area contributed by atoms with Crippen LogP contribution in [0.5, 0.6) is 0 Å². The Labute approximate surface area is 174 Å². The molecule has 5 fully saturated rings. The lowest BCUT2D eigenvalue weighted by Crippen LogP contribution is -2.58. The highest BCUT2D eigenvalue weighted by Crippen LogP contribution is 2.59. The molecule has 29 heavy (non-hydrogen) atoms. The third kappa shape index (κ3) is 3.98. The molecule has 5 aliphatic rings. The Bertz CT molecular complexity index is 655. The number of ether oxygens (including phenoxy) is 2. The second-order valence-corrected chi connectivity index (χ2v) is 10.7. The second-order valence-electron chi connectivity index (χ2n) is 10.7. The average Bonchev–Trinajstić information content (AvgIpc) is 2.65. The van der Waals surface area contributed by atoms with Crippen LogP contribution < -0.4 is 0 Å². The SMILES string of the molecule is CCC(C)(CC(=O)OC1(C)C2CC3CC(C2)CC1C3)C(=O)OC1CCCC(=O)C1. The summed E-state index contributed by atoms with van der Waals surface area (Å²) >= 11 is 0. The Hall–Kier alpha value is -1.39. The molecule has 0 radical (unpaired) electrons. The van der Waals surface area contributed by atoms with Gasteiger partial charge in [0.2, 0.25) is 0 Å². The fourth-order valence-corrected chi connectivity index (χ4v) is 6.61. The molecule has 2 atom stereocenters. The fraction of sp³-hybridized carbons (Fsp3) is 0.875. The standard InChI is InChI=1S/C24H36O5/c1-4-23(2,22(27)28-20-7-5-6-19(25)13-20)14-21(26)29-24(3)17-9-15-8-16(11-17)12-18(24)10-15/h15-18,20H,4-14H2,1-3H3. The van der Waals surface area contributed by atoms with Crippen LogP contribution in [0.25, 0.3) is 0 Å². The minimum Gasteiger partial charge on any atom is -0.461 e. The van der Waals surface area contributed by atoms with E-state index in [1.54, 1.807) is 6.92 Å². The van der Waals surface area contributed by atoms with Crippen molar-refractivity contribution in [3.63, 3.8) is 0 Å². The molecule has 5 saturated carbocycles. The van der Waals surface area contributed by atoms with E-state index in [1.807, 2.05) is 6.92 Å². The van der Waals surface area contributed by atoms with E-state index in [4.69, 9.17) is 9.47 Å². The van der Waals surface area contributed by atoms with E-state index < -0.39 is 5.41 Å². The number of hydrogen-bond donors (Lipinski definition) is 0. The van der Waals surface area contributed by atoms with Gasteiger partial charge in [-0.25, -0.2) is 0 Å². The molecule has 0 amide bonds. The highest BCUT2D eigenvalue weighted by Gasteiger charge is 2.57. The maximum Gasteiger partial charge on any atom is 0.312 e. The van der Waals surface area contributed by atoms with Crippen molar-refractivity contribution in [3.05, 3.63) is 0 Å². The summed E-state index contributed by atoms with van der Waals surface area (Å²) in [5.74, 6) is 2.08.